The van der Waals surface area contributed by atoms with Gasteiger partial charge in [-0.15, -0.1) is 0 Å². The molecule has 0 fully saturated rings. The number of rotatable bonds is 9. The molecule has 19 heavy (non-hydrogen) atoms. The average molecular weight is 264 g/mol. The second-order valence-electron chi connectivity index (χ2n) is 4.55. The Hall–Kier alpha value is -1.52. The van der Waals surface area contributed by atoms with E-state index < -0.39 is 12.7 Å². The highest BCUT2D eigenvalue weighted by Gasteiger charge is 2.10. The van der Waals surface area contributed by atoms with E-state index in [0.717, 1.165) is 5.56 Å². The molecule has 0 saturated heterocycles. The lowest BCUT2D eigenvalue weighted by atomic mass is 10.0. The highest BCUT2D eigenvalue weighted by atomic mass is 16.3. The Labute approximate surface area is 113 Å². The summed E-state index contributed by atoms with van der Waals surface area (Å²) >= 11 is 0. The molecule has 0 heterocycles. The molecule has 0 amide bonds. The average Bonchev–Trinajstić information content (AvgIpc) is 2.45. The van der Waals surface area contributed by atoms with E-state index >= 15 is 0 Å². The Bertz CT molecular complexity index is 400. The summed E-state index contributed by atoms with van der Waals surface area (Å²) < 4.78 is 0. The summed E-state index contributed by atoms with van der Waals surface area (Å²) in [5.74, 6) is -0.196. The van der Waals surface area contributed by atoms with Gasteiger partial charge in [-0.3, -0.25) is 9.59 Å². The molecule has 0 bridgehead atoms. The van der Waals surface area contributed by atoms with Crippen molar-refractivity contribution in [2.24, 2.45) is 0 Å². The molecule has 0 aliphatic rings. The van der Waals surface area contributed by atoms with Gasteiger partial charge >= 0.3 is 0 Å². The molecule has 1 atom stereocenters. The minimum absolute atomic E-state index is 0.0423. The molecule has 1 aromatic carbocycles. The van der Waals surface area contributed by atoms with Gasteiger partial charge in [0, 0.05) is 19.3 Å². The number of ketones is 2. The molecule has 104 valence electrons. The molecule has 0 saturated carbocycles. The minimum atomic E-state index is -0.621. The summed E-state index contributed by atoms with van der Waals surface area (Å²) in [5.41, 5.74) is 0.811. The second-order valence-corrected chi connectivity index (χ2v) is 4.55. The van der Waals surface area contributed by atoms with E-state index in [1.807, 2.05) is 30.3 Å². The molecule has 1 aromatic rings. The van der Waals surface area contributed by atoms with Crippen LogP contribution in [0.15, 0.2) is 30.3 Å². The number of Topliss-reactive ketones (excluding diaryl/α,β-unsaturated/α-hetero) is 2. The lowest BCUT2D eigenvalue weighted by molar-refractivity contribution is -0.122. The summed E-state index contributed by atoms with van der Waals surface area (Å²) in [7, 11) is 0. The van der Waals surface area contributed by atoms with Gasteiger partial charge in [-0.2, -0.15) is 0 Å². The highest BCUT2D eigenvalue weighted by Crippen LogP contribution is 2.18. The van der Waals surface area contributed by atoms with Crippen LogP contribution in [0.5, 0.6) is 0 Å². The number of aliphatic hydroxyl groups excluding tert-OH is 2. The van der Waals surface area contributed by atoms with Gasteiger partial charge in [0.1, 0.15) is 12.4 Å². The lowest BCUT2D eigenvalue weighted by Crippen LogP contribution is -2.06. The van der Waals surface area contributed by atoms with Crippen molar-refractivity contribution >= 4 is 11.6 Å². The van der Waals surface area contributed by atoms with Gasteiger partial charge in [0.2, 0.25) is 0 Å². The van der Waals surface area contributed by atoms with Crippen LogP contribution in [-0.4, -0.2) is 28.4 Å². The molecular formula is C15H20O4. The Morgan fingerprint density at radius 3 is 2.26 bits per heavy atom. The van der Waals surface area contributed by atoms with Gasteiger partial charge in [-0.1, -0.05) is 30.3 Å². The van der Waals surface area contributed by atoms with Crippen molar-refractivity contribution in [1.29, 1.82) is 0 Å². The van der Waals surface area contributed by atoms with Crippen LogP contribution in [0.1, 0.15) is 43.8 Å². The van der Waals surface area contributed by atoms with Crippen LogP contribution in [0.4, 0.5) is 0 Å². The third kappa shape index (κ3) is 6.27. The fourth-order valence-corrected chi connectivity index (χ4v) is 1.83. The van der Waals surface area contributed by atoms with Gasteiger partial charge in [0.15, 0.2) is 5.78 Å². The van der Waals surface area contributed by atoms with Crippen LogP contribution in [0.3, 0.4) is 0 Å². The third-order valence-corrected chi connectivity index (χ3v) is 2.97. The van der Waals surface area contributed by atoms with E-state index in [2.05, 4.69) is 0 Å². The summed E-state index contributed by atoms with van der Waals surface area (Å²) in [5, 5.41) is 18.4. The smallest absolute Gasteiger partial charge is 0.158 e. The van der Waals surface area contributed by atoms with Crippen molar-refractivity contribution in [2.45, 2.75) is 38.2 Å². The Kier molecular flexibility index (Phi) is 7.00. The maximum absolute atomic E-state index is 11.6. The maximum Gasteiger partial charge on any atom is 0.158 e. The molecule has 0 aliphatic heterocycles. The van der Waals surface area contributed by atoms with Crippen LogP contribution < -0.4 is 0 Å². The highest BCUT2D eigenvalue weighted by molar-refractivity contribution is 5.81. The SMILES string of the molecule is O=C(CO)CCCC(=O)CCC(O)c1ccccc1. The van der Waals surface area contributed by atoms with Crippen molar-refractivity contribution in [3.63, 3.8) is 0 Å². The maximum atomic E-state index is 11.6. The molecular weight excluding hydrogens is 244 g/mol. The fourth-order valence-electron chi connectivity index (χ4n) is 1.83. The first-order chi connectivity index (χ1) is 9.13. The van der Waals surface area contributed by atoms with Gasteiger partial charge in [0.25, 0.3) is 0 Å². The summed E-state index contributed by atoms with van der Waals surface area (Å²) in [6.07, 6.45) is 1.13. The quantitative estimate of drug-likeness (QED) is 0.713. The number of carbonyl (C=O) groups excluding carboxylic acids is 2. The van der Waals surface area contributed by atoms with E-state index in [1.165, 1.54) is 0 Å². The van der Waals surface area contributed by atoms with Crippen LogP contribution in [0, 0.1) is 0 Å². The van der Waals surface area contributed by atoms with Gasteiger partial charge < -0.3 is 10.2 Å². The standard InChI is InChI=1S/C15H20O4/c16-11-14(18)8-4-7-13(17)9-10-15(19)12-5-2-1-3-6-12/h1-3,5-6,15-16,19H,4,7-11H2. The molecule has 4 heteroatoms. The van der Waals surface area contributed by atoms with E-state index in [4.69, 9.17) is 5.11 Å². The number of carbonyl (C=O) groups is 2. The number of aliphatic hydroxyl groups is 2. The van der Waals surface area contributed by atoms with Crippen molar-refractivity contribution in [1.82, 2.24) is 0 Å². The second kappa shape index (κ2) is 8.56. The van der Waals surface area contributed by atoms with E-state index in [9.17, 15) is 14.7 Å². The minimum Gasteiger partial charge on any atom is -0.389 e. The molecule has 1 unspecified atom stereocenters. The topological polar surface area (TPSA) is 74.6 Å². The first kappa shape index (κ1) is 15.5. The predicted octanol–water partition coefficient (Wildman–Crippen LogP) is 1.80. The van der Waals surface area contributed by atoms with Crippen molar-refractivity contribution < 1.29 is 19.8 Å². The molecule has 0 aliphatic carbocycles. The van der Waals surface area contributed by atoms with Gasteiger partial charge in [0.05, 0.1) is 6.10 Å². The first-order valence-corrected chi connectivity index (χ1v) is 6.50. The van der Waals surface area contributed by atoms with Crippen LogP contribution >= 0.6 is 0 Å². The third-order valence-electron chi connectivity index (χ3n) is 2.97. The molecule has 0 aromatic heterocycles. The Morgan fingerprint density at radius 1 is 1.00 bits per heavy atom. The zero-order chi connectivity index (χ0) is 14.1. The number of benzene rings is 1. The summed E-state index contributed by atoms with van der Waals surface area (Å²) in [6.45, 7) is -0.457. The molecule has 0 radical (unpaired) electrons. The number of hydrogen-bond donors (Lipinski definition) is 2. The monoisotopic (exact) mass is 264 g/mol. The largest absolute Gasteiger partial charge is 0.389 e. The zero-order valence-corrected chi connectivity index (χ0v) is 10.9. The van der Waals surface area contributed by atoms with Crippen molar-refractivity contribution in [2.75, 3.05) is 6.61 Å². The van der Waals surface area contributed by atoms with Gasteiger partial charge in [-0.25, -0.2) is 0 Å². The Morgan fingerprint density at radius 2 is 1.63 bits per heavy atom. The Balaban J connectivity index is 2.21. The summed E-state index contributed by atoms with van der Waals surface area (Å²) in [6, 6.07) is 9.23. The van der Waals surface area contributed by atoms with Gasteiger partial charge in [-0.05, 0) is 18.4 Å². The van der Waals surface area contributed by atoms with Crippen LogP contribution in [-0.2, 0) is 9.59 Å². The normalized spacial score (nSPS) is 12.1. The zero-order valence-electron chi connectivity index (χ0n) is 10.9. The van der Waals surface area contributed by atoms with Crippen molar-refractivity contribution in [3.8, 4) is 0 Å². The molecule has 1 rings (SSSR count). The molecule has 2 N–H and O–H groups in total. The number of hydrogen-bond acceptors (Lipinski definition) is 4. The van der Waals surface area contributed by atoms with Crippen molar-refractivity contribution in [3.05, 3.63) is 35.9 Å². The van der Waals surface area contributed by atoms with E-state index in [0.29, 0.717) is 25.7 Å². The first-order valence-electron chi connectivity index (χ1n) is 6.50. The molecule has 4 nitrogen and oxygen atoms in total. The lowest BCUT2D eigenvalue weighted by Gasteiger charge is -2.10. The summed E-state index contributed by atoms with van der Waals surface area (Å²) in [4.78, 5) is 22.4. The van der Waals surface area contributed by atoms with Crippen LogP contribution in [0.2, 0.25) is 0 Å². The van der Waals surface area contributed by atoms with Crippen LogP contribution in [0.25, 0.3) is 0 Å². The fraction of sp³-hybridized carbons (Fsp3) is 0.467. The van der Waals surface area contributed by atoms with E-state index in [-0.39, 0.29) is 18.0 Å². The van der Waals surface area contributed by atoms with E-state index in [1.54, 1.807) is 0 Å². The predicted molar refractivity (Wildman–Crippen MR) is 71.6 cm³/mol. The molecule has 0 spiro atoms.